The maximum Gasteiger partial charge on any atom is 0.217 e. The van der Waals surface area contributed by atoms with E-state index < -0.39 is 43.1 Å². The first-order valence-electron chi connectivity index (χ1n) is 10.6. The zero-order valence-electron chi connectivity index (χ0n) is 18.2. The van der Waals surface area contributed by atoms with Gasteiger partial charge < -0.3 is 25.4 Å². The number of hydrogen-bond acceptors (Lipinski definition) is 7. The molecule has 2 aromatic carbocycles. The van der Waals surface area contributed by atoms with Gasteiger partial charge in [-0.2, -0.15) is 0 Å². The fourth-order valence-electron chi connectivity index (χ4n) is 3.95. The number of aromatic nitrogens is 3. The van der Waals surface area contributed by atoms with Gasteiger partial charge in [-0.3, -0.25) is 9.36 Å². The normalized spacial score (nSPS) is 25.1. The van der Waals surface area contributed by atoms with Crippen molar-refractivity contribution in [3.8, 4) is 17.1 Å². The second kappa shape index (κ2) is 9.54. The molecule has 1 aromatic heterocycles. The number of para-hydroxylation sites is 1. The van der Waals surface area contributed by atoms with Crippen LogP contribution in [-0.4, -0.2) is 66.5 Å². The first-order valence-corrected chi connectivity index (χ1v) is 11.0. The van der Waals surface area contributed by atoms with Gasteiger partial charge in [0.25, 0.3) is 0 Å². The fraction of sp³-hybridized carbons (Fsp3) is 0.348. The molecule has 0 radical (unpaired) electrons. The number of carbonyl (C=O) groups excluding carboxylic acids is 1. The molecule has 1 saturated heterocycles. The molecule has 4 N–H and O–H groups in total. The zero-order valence-corrected chi connectivity index (χ0v) is 19.0. The number of nitrogens with one attached hydrogen (secondary N) is 1. The number of aliphatic hydroxyl groups excluding tert-OH is 3. The summed E-state index contributed by atoms with van der Waals surface area (Å²) in [7, 11) is 0. The lowest BCUT2D eigenvalue weighted by Gasteiger charge is -2.42. The van der Waals surface area contributed by atoms with Gasteiger partial charge in [-0.05, 0) is 31.3 Å². The fourth-order valence-corrected chi connectivity index (χ4v) is 4.28. The monoisotopic (exact) mass is 470 g/mol. The van der Waals surface area contributed by atoms with E-state index in [4.69, 9.17) is 22.1 Å². The molecule has 174 valence electrons. The SMILES string of the molecule is CC(=O)N[C@@H]1[C@H](O)[C@H](O)[C@H](CO)O[C@H]1n1nc(-c2ccc(C)cc2)n(-c2ccccc2)c1=S. The molecule has 0 bridgehead atoms. The molecule has 10 heteroatoms. The maximum absolute atomic E-state index is 11.9. The van der Waals surface area contributed by atoms with Gasteiger partial charge in [-0.1, -0.05) is 48.0 Å². The highest BCUT2D eigenvalue weighted by Gasteiger charge is 2.46. The molecule has 1 aliphatic rings. The smallest absolute Gasteiger partial charge is 0.217 e. The van der Waals surface area contributed by atoms with E-state index in [1.54, 1.807) is 4.57 Å². The number of amides is 1. The summed E-state index contributed by atoms with van der Waals surface area (Å²) in [6, 6.07) is 16.2. The third kappa shape index (κ3) is 4.48. The predicted octanol–water partition coefficient (Wildman–Crippen LogP) is 1.49. The molecular weight excluding hydrogens is 444 g/mol. The summed E-state index contributed by atoms with van der Waals surface area (Å²) in [5.74, 6) is 0.118. The van der Waals surface area contributed by atoms with Gasteiger partial charge in [-0.15, -0.1) is 5.10 Å². The van der Waals surface area contributed by atoms with Crippen molar-refractivity contribution < 1.29 is 24.9 Å². The molecule has 2 heterocycles. The summed E-state index contributed by atoms with van der Waals surface area (Å²) in [6.07, 6.45) is -4.95. The lowest BCUT2D eigenvalue weighted by molar-refractivity contribution is -0.219. The molecule has 0 spiro atoms. The summed E-state index contributed by atoms with van der Waals surface area (Å²) < 4.78 is 9.34. The maximum atomic E-state index is 11.9. The molecule has 5 atom stereocenters. The first kappa shape index (κ1) is 23.3. The Morgan fingerprint density at radius 3 is 2.39 bits per heavy atom. The number of nitrogens with zero attached hydrogens (tertiary/aromatic N) is 3. The first-order chi connectivity index (χ1) is 15.8. The summed E-state index contributed by atoms with van der Waals surface area (Å²) in [5, 5.41) is 38.1. The van der Waals surface area contributed by atoms with Gasteiger partial charge in [0.05, 0.1) is 6.61 Å². The second-order valence-corrected chi connectivity index (χ2v) is 8.41. The van der Waals surface area contributed by atoms with Crippen LogP contribution in [0.3, 0.4) is 0 Å². The Hall–Kier alpha value is -2.89. The van der Waals surface area contributed by atoms with Crippen LogP contribution >= 0.6 is 12.2 Å². The van der Waals surface area contributed by atoms with Crippen molar-refractivity contribution in [2.45, 2.75) is 44.4 Å². The van der Waals surface area contributed by atoms with Crippen LogP contribution in [0.25, 0.3) is 17.1 Å². The quantitative estimate of drug-likeness (QED) is 0.417. The molecule has 1 aliphatic heterocycles. The highest BCUT2D eigenvalue weighted by Crippen LogP contribution is 2.31. The van der Waals surface area contributed by atoms with Crippen LogP contribution in [0.2, 0.25) is 0 Å². The molecule has 0 aliphatic carbocycles. The summed E-state index contributed by atoms with van der Waals surface area (Å²) >= 11 is 5.78. The van der Waals surface area contributed by atoms with Crippen LogP contribution in [0, 0.1) is 11.7 Å². The molecule has 0 unspecified atom stereocenters. The van der Waals surface area contributed by atoms with E-state index in [0.717, 1.165) is 16.8 Å². The van der Waals surface area contributed by atoms with E-state index in [2.05, 4.69) is 5.32 Å². The van der Waals surface area contributed by atoms with Gasteiger partial charge in [-0.25, -0.2) is 4.68 Å². The van der Waals surface area contributed by atoms with Crippen molar-refractivity contribution in [3.63, 3.8) is 0 Å². The van der Waals surface area contributed by atoms with E-state index in [1.165, 1.54) is 11.6 Å². The Labute approximate surface area is 195 Å². The number of rotatable bonds is 5. The molecule has 1 fully saturated rings. The van der Waals surface area contributed by atoms with Crippen molar-refractivity contribution in [2.24, 2.45) is 0 Å². The van der Waals surface area contributed by atoms with Crippen LogP contribution in [0.4, 0.5) is 0 Å². The Balaban J connectivity index is 1.90. The molecular formula is C23H26N4O5S. The lowest BCUT2D eigenvalue weighted by atomic mass is 9.96. The average molecular weight is 471 g/mol. The highest BCUT2D eigenvalue weighted by molar-refractivity contribution is 7.71. The number of ether oxygens (including phenoxy) is 1. The minimum absolute atomic E-state index is 0.261. The predicted molar refractivity (Wildman–Crippen MR) is 123 cm³/mol. The Morgan fingerprint density at radius 2 is 1.79 bits per heavy atom. The third-order valence-electron chi connectivity index (χ3n) is 5.64. The summed E-state index contributed by atoms with van der Waals surface area (Å²) in [5.41, 5.74) is 2.67. The van der Waals surface area contributed by atoms with Crippen LogP contribution in [0.5, 0.6) is 0 Å². The van der Waals surface area contributed by atoms with Gasteiger partial charge >= 0.3 is 0 Å². The van der Waals surface area contributed by atoms with Gasteiger partial charge in [0, 0.05) is 18.2 Å². The topological polar surface area (TPSA) is 122 Å². The Bertz CT molecular complexity index is 1180. The van der Waals surface area contributed by atoms with Crippen molar-refractivity contribution in [2.75, 3.05) is 6.61 Å². The molecule has 1 amide bonds. The second-order valence-electron chi connectivity index (χ2n) is 8.04. The van der Waals surface area contributed by atoms with Crippen molar-refractivity contribution in [3.05, 3.63) is 64.9 Å². The van der Waals surface area contributed by atoms with E-state index in [0.29, 0.717) is 5.82 Å². The number of hydrogen-bond donors (Lipinski definition) is 4. The molecule has 33 heavy (non-hydrogen) atoms. The molecule has 4 rings (SSSR count). The average Bonchev–Trinajstić information content (AvgIpc) is 3.15. The standard InChI is InChI=1S/C23H26N4O5S/c1-13-8-10-15(11-9-13)21-25-27(23(33)26(21)16-6-4-3-5-7-16)22-18(24-14(2)29)20(31)19(30)17(12-28)32-22/h3-11,17-20,22,28,30-31H,12H2,1-2H3,(H,24,29)/t17-,18+,19+,20-,22+/m0/s1. The van der Waals surface area contributed by atoms with Gasteiger partial charge in [0.15, 0.2) is 12.1 Å². The third-order valence-corrected chi connectivity index (χ3v) is 6.01. The summed E-state index contributed by atoms with van der Waals surface area (Å²) in [4.78, 5) is 11.9. The van der Waals surface area contributed by atoms with E-state index in [-0.39, 0.29) is 4.77 Å². The van der Waals surface area contributed by atoms with Gasteiger partial charge in [0.2, 0.25) is 10.7 Å². The molecule has 0 saturated carbocycles. The van der Waals surface area contributed by atoms with Crippen molar-refractivity contribution >= 4 is 18.1 Å². The zero-order chi connectivity index (χ0) is 23.7. The van der Waals surface area contributed by atoms with Crippen LogP contribution in [0.1, 0.15) is 18.7 Å². The van der Waals surface area contributed by atoms with Crippen molar-refractivity contribution in [1.82, 2.24) is 19.7 Å². The van der Waals surface area contributed by atoms with Crippen molar-refractivity contribution in [1.29, 1.82) is 0 Å². The largest absolute Gasteiger partial charge is 0.394 e. The Kier molecular flexibility index (Phi) is 6.73. The lowest BCUT2D eigenvalue weighted by Crippen LogP contribution is -2.62. The number of aryl methyl sites for hydroxylation is 1. The van der Waals surface area contributed by atoms with Crippen LogP contribution in [-0.2, 0) is 9.53 Å². The van der Waals surface area contributed by atoms with E-state index in [9.17, 15) is 20.1 Å². The van der Waals surface area contributed by atoms with E-state index >= 15 is 0 Å². The Morgan fingerprint density at radius 1 is 1.12 bits per heavy atom. The van der Waals surface area contributed by atoms with E-state index in [1.807, 2.05) is 61.5 Å². The van der Waals surface area contributed by atoms with Crippen LogP contribution < -0.4 is 5.32 Å². The number of carbonyl (C=O) groups is 1. The molecule has 9 nitrogen and oxygen atoms in total. The van der Waals surface area contributed by atoms with Crippen LogP contribution in [0.15, 0.2) is 54.6 Å². The highest BCUT2D eigenvalue weighted by atomic mass is 32.1. The summed E-state index contributed by atoms with van der Waals surface area (Å²) in [6.45, 7) is 2.76. The van der Waals surface area contributed by atoms with Gasteiger partial charge in [0.1, 0.15) is 24.4 Å². The number of aliphatic hydroxyl groups is 3. The molecule has 3 aromatic rings. The number of benzene rings is 2. The minimum Gasteiger partial charge on any atom is -0.394 e. The minimum atomic E-state index is -1.41.